The highest BCUT2D eigenvalue weighted by Crippen LogP contribution is 2.27. The van der Waals surface area contributed by atoms with Crippen LogP contribution in [-0.4, -0.2) is 53.1 Å². The summed E-state index contributed by atoms with van der Waals surface area (Å²) in [5, 5.41) is 0.921. The highest BCUT2D eigenvalue weighted by Gasteiger charge is 2.21. The molecule has 1 fully saturated rings. The van der Waals surface area contributed by atoms with Gasteiger partial charge in [0.05, 0.1) is 6.54 Å². The van der Waals surface area contributed by atoms with Gasteiger partial charge < -0.3 is 14.1 Å². The fraction of sp³-hybridized carbons (Fsp3) is 0.478. The molecule has 0 bridgehead atoms. The number of carbonyl (C=O) groups excluding carboxylic acids is 2. The van der Waals surface area contributed by atoms with E-state index < -0.39 is 0 Å². The van der Waals surface area contributed by atoms with Crippen LogP contribution in [0.5, 0.6) is 0 Å². The number of nitrogens with zero attached hydrogens (tertiary/aromatic N) is 2. The molecule has 0 spiro atoms. The van der Waals surface area contributed by atoms with Crippen LogP contribution in [-0.2, 0) is 27.5 Å². The maximum atomic E-state index is 12.8. The van der Waals surface area contributed by atoms with Crippen molar-refractivity contribution < 1.29 is 18.7 Å². The molecule has 2 heterocycles. The van der Waals surface area contributed by atoms with Gasteiger partial charge in [-0.05, 0) is 42.8 Å². The zero-order chi connectivity index (χ0) is 22.2. The molecule has 1 aromatic carbocycles. The van der Waals surface area contributed by atoms with Gasteiger partial charge in [-0.1, -0.05) is 18.5 Å². The number of carbonyl (C=O) groups is 2. The summed E-state index contributed by atoms with van der Waals surface area (Å²) in [7, 11) is 0. The Morgan fingerprint density at radius 1 is 1.10 bits per heavy atom. The Morgan fingerprint density at radius 2 is 1.84 bits per heavy atom. The molecule has 31 heavy (non-hydrogen) atoms. The summed E-state index contributed by atoms with van der Waals surface area (Å²) in [4.78, 5) is 29.1. The Kier molecular flexibility index (Phi) is 8.87. The van der Waals surface area contributed by atoms with Crippen molar-refractivity contribution in [3.63, 3.8) is 0 Å². The molecule has 1 aliphatic heterocycles. The molecule has 0 radical (unpaired) electrons. The Labute approximate surface area is 192 Å². The summed E-state index contributed by atoms with van der Waals surface area (Å²) < 4.78 is 10.7. The second-order valence-electron chi connectivity index (χ2n) is 7.75. The van der Waals surface area contributed by atoms with Crippen LogP contribution >= 0.6 is 23.4 Å². The van der Waals surface area contributed by atoms with Gasteiger partial charge in [-0.3, -0.25) is 14.5 Å². The Bertz CT molecular complexity index is 871. The van der Waals surface area contributed by atoms with Crippen molar-refractivity contribution in [1.82, 2.24) is 9.80 Å². The fourth-order valence-electron chi connectivity index (χ4n) is 3.52. The number of hydrogen-bond donors (Lipinski definition) is 0. The number of ether oxygens (including phenoxy) is 1. The molecule has 1 saturated heterocycles. The summed E-state index contributed by atoms with van der Waals surface area (Å²) in [5.74, 6) is 1.37. The van der Waals surface area contributed by atoms with E-state index in [1.165, 1.54) is 6.92 Å². The van der Waals surface area contributed by atoms with Crippen LogP contribution in [0.25, 0.3) is 0 Å². The molecule has 8 heteroatoms. The fourth-order valence-corrected chi connectivity index (χ4v) is 4.63. The zero-order valence-electron chi connectivity index (χ0n) is 18.0. The third-order valence-electron chi connectivity index (χ3n) is 5.07. The maximum Gasteiger partial charge on any atom is 0.303 e. The van der Waals surface area contributed by atoms with E-state index in [0.717, 1.165) is 48.3 Å². The van der Waals surface area contributed by atoms with E-state index in [0.29, 0.717) is 18.7 Å². The number of rotatable bonds is 8. The van der Waals surface area contributed by atoms with E-state index in [-0.39, 0.29) is 23.7 Å². The van der Waals surface area contributed by atoms with Crippen LogP contribution < -0.4 is 0 Å². The molecule has 168 valence electrons. The first-order valence-corrected chi connectivity index (χ1v) is 11.8. The van der Waals surface area contributed by atoms with Crippen molar-refractivity contribution in [2.45, 2.75) is 50.0 Å². The Morgan fingerprint density at radius 3 is 2.58 bits per heavy atom. The topological polar surface area (TPSA) is 63.0 Å². The second kappa shape index (κ2) is 11.6. The van der Waals surface area contributed by atoms with Crippen LogP contribution in [0.15, 0.2) is 45.7 Å². The number of thioether (sulfide) groups is 1. The third kappa shape index (κ3) is 7.91. The van der Waals surface area contributed by atoms with Crippen molar-refractivity contribution >= 4 is 35.2 Å². The third-order valence-corrected chi connectivity index (χ3v) is 6.43. The summed E-state index contributed by atoms with van der Waals surface area (Å²) in [6.45, 7) is 7.54. The number of halogens is 1. The van der Waals surface area contributed by atoms with Crippen molar-refractivity contribution in [3.05, 3.63) is 52.9 Å². The summed E-state index contributed by atoms with van der Waals surface area (Å²) in [5.41, 5.74) is 0. The van der Waals surface area contributed by atoms with Crippen LogP contribution in [0.2, 0.25) is 5.02 Å². The molecule has 1 atom stereocenters. The van der Waals surface area contributed by atoms with E-state index in [9.17, 15) is 9.59 Å². The van der Waals surface area contributed by atoms with Crippen molar-refractivity contribution in [2.24, 2.45) is 0 Å². The SMILES string of the molecule is CC(=O)OCc1ccc(CN2CCCN(C(=O)CC(C)Sc3ccc(Cl)cc3)CC2)o1. The molecule has 1 aliphatic rings. The van der Waals surface area contributed by atoms with E-state index in [1.54, 1.807) is 11.8 Å². The summed E-state index contributed by atoms with van der Waals surface area (Å²) in [6.07, 6.45) is 1.45. The molecule has 1 amide bonds. The van der Waals surface area contributed by atoms with Crippen LogP contribution in [0.1, 0.15) is 38.2 Å². The predicted molar refractivity (Wildman–Crippen MR) is 122 cm³/mol. The minimum absolute atomic E-state index is 0.157. The Balaban J connectivity index is 1.44. The average molecular weight is 465 g/mol. The monoisotopic (exact) mass is 464 g/mol. The first-order chi connectivity index (χ1) is 14.9. The standard InChI is InChI=1S/C23H29ClN2O4S/c1-17(31-22-8-4-19(24)5-9-22)14-23(28)26-11-3-10-25(12-13-26)15-20-6-7-21(30-20)16-29-18(2)27/h4-9,17H,3,10-16H2,1-2H3. The van der Waals surface area contributed by atoms with Crippen molar-refractivity contribution in [1.29, 1.82) is 0 Å². The number of esters is 1. The molecule has 6 nitrogen and oxygen atoms in total. The van der Waals surface area contributed by atoms with Gasteiger partial charge in [0.1, 0.15) is 18.1 Å². The summed E-state index contributed by atoms with van der Waals surface area (Å²) >= 11 is 7.64. The van der Waals surface area contributed by atoms with E-state index in [4.69, 9.17) is 20.8 Å². The highest BCUT2D eigenvalue weighted by atomic mass is 35.5. The second-order valence-corrected chi connectivity index (χ2v) is 9.69. The van der Waals surface area contributed by atoms with Crippen LogP contribution in [0.3, 0.4) is 0 Å². The lowest BCUT2D eigenvalue weighted by molar-refractivity contribution is -0.142. The Hall–Kier alpha value is -1.96. The number of furan rings is 1. The largest absolute Gasteiger partial charge is 0.461 e. The van der Waals surface area contributed by atoms with Crippen LogP contribution in [0.4, 0.5) is 0 Å². The van der Waals surface area contributed by atoms with Gasteiger partial charge in [0.2, 0.25) is 5.91 Å². The van der Waals surface area contributed by atoms with Crippen molar-refractivity contribution in [2.75, 3.05) is 26.2 Å². The highest BCUT2D eigenvalue weighted by molar-refractivity contribution is 8.00. The maximum absolute atomic E-state index is 12.8. The first-order valence-electron chi connectivity index (χ1n) is 10.5. The molecular weight excluding hydrogens is 436 g/mol. The van der Waals surface area contributed by atoms with E-state index in [1.807, 2.05) is 41.3 Å². The predicted octanol–water partition coefficient (Wildman–Crippen LogP) is 4.60. The lowest BCUT2D eigenvalue weighted by Crippen LogP contribution is -2.36. The molecule has 0 aliphatic carbocycles. The molecule has 1 unspecified atom stereocenters. The molecular formula is C23H29ClN2O4S. The van der Waals surface area contributed by atoms with Gasteiger partial charge in [0.15, 0.2) is 0 Å². The molecule has 1 aromatic heterocycles. The zero-order valence-corrected chi connectivity index (χ0v) is 19.6. The smallest absolute Gasteiger partial charge is 0.303 e. The molecule has 0 saturated carbocycles. The van der Waals surface area contributed by atoms with Gasteiger partial charge in [-0.2, -0.15) is 0 Å². The minimum Gasteiger partial charge on any atom is -0.461 e. The quantitative estimate of drug-likeness (QED) is 0.420. The summed E-state index contributed by atoms with van der Waals surface area (Å²) in [6, 6.07) is 11.5. The van der Waals surface area contributed by atoms with E-state index >= 15 is 0 Å². The van der Waals surface area contributed by atoms with Crippen LogP contribution in [0, 0.1) is 0 Å². The number of benzene rings is 1. The van der Waals surface area contributed by atoms with Crippen molar-refractivity contribution in [3.8, 4) is 0 Å². The average Bonchev–Trinajstić information content (AvgIpc) is 3.04. The lowest BCUT2D eigenvalue weighted by Gasteiger charge is -2.23. The number of amides is 1. The van der Waals surface area contributed by atoms with Gasteiger partial charge in [-0.15, -0.1) is 11.8 Å². The van der Waals surface area contributed by atoms with Gasteiger partial charge in [0, 0.05) is 54.7 Å². The molecule has 3 rings (SSSR count). The molecule has 2 aromatic rings. The van der Waals surface area contributed by atoms with Gasteiger partial charge >= 0.3 is 5.97 Å². The first kappa shape index (κ1) is 23.7. The minimum atomic E-state index is -0.323. The molecule has 0 N–H and O–H groups in total. The van der Waals surface area contributed by atoms with Gasteiger partial charge in [0.25, 0.3) is 0 Å². The normalized spacial score (nSPS) is 16.0. The lowest BCUT2D eigenvalue weighted by atomic mass is 10.3. The van der Waals surface area contributed by atoms with E-state index in [2.05, 4.69) is 11.8 Å². The number of hydrogen-bond acceptors (Lipinski definition) is 6. The van der Waals surface area contributed by atoms with Gasteiger partial charge in [-0.25, -0.2) is 0 Å².